The molecule has 1 aliphatic rings. The lowest BCUT2D eigenvalue weighted by Crippen LogP contribution is -2.60. The molecule has 4 N–H and O–H groups in total. The summed E-state index contributed by atoms with van der Waals surface area (Å²) < 4.78 is 10.1. The molecule has 0 amide bonds. The minimum absolute atomic E-state index is 0.176. The first-order chi connectivity index (χ1) is 12.0. The van der Waals surface area contributed by atoms with Gasteiger partial charge in [0, 0.05) is 0 Å². The Morgan fingerprint density at radius 3 is 2.31 bits per heavy atom. The first-order valence-corrected chi connectivity index (χ1v) is 8.72. The number of aliphatic hydroxyl groups excluding tert-OH is 4. The van der Waals surface area contributed by atoms with Crippen molar-refractivity contribution in [1.82, 2.24) is 0 Å². The minimum atomic E-state index is -1.72. The molecule has 0 aromatic carbocycles. The highest BCUT2D eigenvalue weighted by Crippen LogP contribution is 2.28. The largest absolute Gasteiger partial charge is 0.456 e. The number of Topliss-reactive ketones (excluding diaryl/α,β-unsaturated/α-hetero) is 1. The van der Waals surface area contributed by atoms with Gasteiger partial charge in [-0.25, -0.2) is 0 Å². The van der Waals surface area contributed by atoms with Gasteiger partial charge in [-0.15, -0.1) is 0 Å². The SMILES string of the molecule is CCC(C)/C=C(\C)C(=O)C(C)(C)C(=O)OC1C(CO)OC(O)C(O)C1O. The number of rotatable bonds is 7. The molecule has 1 rings (SSSR count). The van der Waals surface area contributed by atoms with E-state index in [1.165, 1.54) is 13.8 Å². The molecule has 6 atom stereocenters. The zero-order chi connectivity index (χ0) is 20.2. The van der Waals surface area contributed by atoms with Gasteiger partial charge < -0.3 is 29.9 Å². The van der Waals surface area contributed by atoms with E-state index in [1.54, 1.807) is 13.0 Å². The van der Waals surface area contributed by atoms with Crippen LogP contribution in [0.15, 0.2) is 11.6 Å². The molecule has 0 radical (unpaired) electrons. The zero-order valence-electron chi connectivity index (χ0n) is 15.9. The minimum Gasteiger partial charge on any atom is -0.456 e. The Morgan fingerprint density at radius 1 is 1.23 bits per heavy atom. The maximum atomic E-state index is 12.6. The summed E-state index contributed by atoms with van der Waals surface area (Å²) in [6.07, 6.45) is -5.10. The molecule has 0 aromatic heterocycles. The highest BCUT2D eigenvalue weighted by Gasteiger charge is 2.48. The molecule has 0 spiro atoms. The fourth-order valence-electron chi connectivity index (χ4n) is 2.69. The van der Waals surface area contributed by atoms with Gasteiger partial charge in [0.05, 0.1) is 6.61 Å². The molecular weight excluding hydrogens is 344 g/mol. The van der Waals surface area contributed by atoms with Gasteiger partial charge in [-0.05, 0) is 32.3 Å². The second kappa shape index (κ2) is 9.05. The summed E-state index contributed by atoms with van der Waals surface area (Å²) in [5.41, 5.74) is -1.11. The van der Waals surface area contributed by atoms with Gasteiger partial charge >= 0.3 is 5.97 Å². The maximum absolute atomic E-state index is 12.6. The Morgan fingerprint density at radius 2 is 1.81 bits per heavy atom. The molecule has 150 valence electrons. The quantitative estimate of drug-likeness (QED) is 0.276. The lowest BCUT2D eigenvalue weighted by molar-refractivity contribution is -0.291. The summed E-state index contributed by atoms with van der Waals surface area (Å²) in [4.78, 5) is 25.2. The molecule has 1 heterocycles. The van der Waals surface area contributed by atoms with Crippen LogP contribution < -0.4 is 0 Å². The van der Waals surface area contributed by atoms with Crippen molar-refractivity contribution in [3.8, 4) is 0 Å². The van der Waals surface area contributed by atoms with Gasteiger partial charge in [0.25, 0.3) is 0 Å². The number of carbonyl (C=O) groups is 2. The van der Waals surface area contributed by atoms with E-state index in [0.29, 0.717) is 5.57 Å². The molecule has 1 saturated heterocycles. The third-order valence-corrected chi connectivity index (χ3v) is 4.70. The van der Waals surface area contributed by atoms with Crippen LogP contribution in [-0.4, -0.2) is 69.5 Å². The molecule has 0 saturated carbocycles. The highest BCUT2D eigenvalue weighted by molar-refractivity contribution is 6.11. The van der Waals surface area contributed by atoms with E-state index in [4.69, 9.17) is 9.47 Å². The molecule has 1 fully saturated rings. The van der Waals surface area contributed by atoms with E-state index in [1.807, 2.05) is 13.8 Å². The number of hydrogen-bond acceptors (Lipinski definition) is 8. The Balaban J connectivity index is 2.96. The van der Waals surface area contributed by atoms with Crippen molar-refractivity contribution < 1.29 is 39.5 Å². The van der Waals surface area contributed by atoms with Crippen LogP contribution in [-0.2, 0) is 19.1 Å². The number of esters is 1. The number of hydrogen-bond donors (Lipinski definition) is 4. The summed E-state index contributed by atoms with van der Waals surface area (Å²) in [6, 6.07) is 0. The van der Waals surface area contributed by atoms with Crippen LogP contribution in [0.1, 0.15) is 41.0 Å². The Hall–Kier alpha value is -1.32. The molecule has 0 bridgehead atoms. The number of ketones is 1. The fourth-order valence-corrected chi connectivity index (χ4v) is 2.69. The molecule has 26 heavy (non-hydrogen) atoms. The van der Waals surface area contributed by atoms with Crippen molar-refractivity contribution in [2.75, 3.05) is 6.61 Å². The van der Waals surface area contributed by atoms with Crippen LogP contribution in [0.5, 0.6) is 0 Å². The van der Waals surface area contributed by atoms with E-state index >= 15 is 0 Å². The lowest BCUT2D eigenvalue weighted by atomic mass is 9.83. The summed E-state index contributed by atoms with van der Waals surface area (Å²) in [6.45, 7) is 7.72. The van der Waals surface area contributed by atoms with Gasteiger partial charge in [-0.1, -0.05) is 26.3 Å². The molecular formula is C18H30O8. The standard InChI is InChI=1S/C18H30O8/c1-6-9(2)7-10(3)15(22)18(4,5)17(24)26-14-11(8-19)25-16(23)13(21)12(14)20/h7,9,11-14,16,19-21,23H,6,8H2,1-5H3/b10-7+. The molecule has 0 aliphatic carbocycles. The van der Waals surface area contributed by atoms with Crippen LogP contribution >= 0.6 is 0 Å². The molecule has 8 nitrogen and oxygen atoms in total. The number of ether oxygens (including phenoxy) is 2. The highest BCUT2D eigenvalue weighted by atomic mass is 16.7. The fraction of sp³-hybridized carbons (Fsp3) is 0.778. The normalized spacial score (nSPS) is 31.4. The summed E-state index contributed by atoms with van der Waals surface area (Å²) in [5, 5.41) is 38.6. The van der Waals surface area contributed by atoms with Gasteiger partial charge in [0.2, 0.25) is 0 Å². The van der Waals surface area contributed by atoms with Crippen molar-refractivity contribution >= 4 is 11.8 Å². The zero-order valence-corrected chi connectivity index (χ0v) is 15.9. The molecule has 1 aliphatic heterocycles. The average Bonchev–Trinajstić information content (AvgIpc) is 2.60. The molecule has 6 unspecified atom stereocenters. The van der Waals surface area contributed by atoms with E-state index < -0.39 is 54.5 Å². The van der Waals surface area contributed by atoms with Crippen molar-refractivity contribution in [3.05, 3.63) is 11.6 Å². The number of aliphatic hydroxyl groups is 4. The Kier molecular flexibility index (Phi) is 7.91. The maximum Gasteiger partial charge on any atom is 0.319 e. The smallest absolute Gasteiger partial charge is 0.319 e. The van der Waals surface area contributed by atoms with E-state index in [0.717, 1.165) is 6.42 Å². The van der Waals surface area contributed by atoms with Crippen molar-refractivity contribution in [1.29, 1.82) is 0 Å². The predicted octanol–water partition coefficient (Wildman–Crippen LogP) is -0.0828. The second-order valence-electron chi connectivity index (χ2n) is 7.29. The molecule has 8 heteroatoms. The summed E-state index contributed by atoms with van der Waals surface area (Å²) >= 11 is 0. The monoisotopic (exact) mass is 374 g/mol. The second-order valence-corrected chi connectivity index (χ2v) is 7.29. The third-order valence-electron chi connectivity index (χ3n) is 4.70. The van der Waals surface area contributed by atoms with Gasteiger partial charge in [-0.2, -0.15) is 0 Å². The van der Waals surface area contributed by atoms with Gasteiger partial charge in [0.15, 0.2) is 18.2 Å². The van der Waals surface area contributed by atoms with Crippen LogP contribution in [0.3, 0.4) is 0 Å². The number of carbonyl (C=O) groups excluding carboxylic acids is 2. The number of allylic oxidation sites excluding steroid dienone is 2. The Bertz CT molecular complexity index is 539. The topological polar surface area (TPSA) is 134 Å². The van der Waals surface area contributed by atoms with E-state index in [9.17, 15) is 30.0 Å². The van der Waals surface area contributed by atoms with Gasteiger partial charge in [0.1, 0.15) is 23.7 Å². The predicted molar refractivity (Wildman–Crippen MR) is 91.9 cm³/mol. The van der Waals surface area contributed by atoms with Crippen molar-refractivity contribution in [3.63, 3.8) is 0 Å². The van der Waals surface area contributed by atoms with Crippen LogP contribution in [0.25, 0.3) is 0 Å². The van der Waals surface area contributed by atoms with Gasteiger partial charge in [-0.3, -0.25) is 9.59 Å². The van der Waals surface area contributed by atoms with E-state index in [-0.39, 0.29) is 5.92 Å². The van der Waals surface area contributed by atoms with Crippen LogP contribution in [0.2, 0.25) is 0 Å². The Labute approximate surface area is 153 Å². The molecule has 0 aromatic rings. The first-order valence-electron chi connectivity index (χ1n) is 8.72. The lowest BCUT2D eigenvalue weighted by Gasteiger charge is -2.40. The van der Waals surface area contributed by atoms with Crippen LogP contribution in [0, 0.1) is 11.3 Å². The average molecular weight is 374 g/mol. The van der Waals surface area contributed by atoms with E-state index in [2.05, 4.69) is 0 Å². The van der Waals surface area contributed by atoms with Crippen LogP contribution in [0.4, 0.5) is 0 Å². The third kappa shape index (κ3) is 4.89. The summed E-state index contributed by atoms with van der Waals surface area (Å²) in [7, 11) is 0. The summed E-state index contributed by atoms with van der Waals surface area (Å²) in [5.74, 6) is -1.17. The van der Waals surface area contributed by atoms with Crippen molar-refractivity contribution in [2.24, 2.45) is 11.3 Å². The van der Waals surface area contributed by atoms with Crippen molar-refractivity contribution in [2.45, 2.75) is 71.7 Å². The first kappa shape index (κ1) is 22.7.